The topological polar surface area (TPSA) is 169 Å². The molecule has 1 aromatic carbocycles. The third-order valence-electron chi connectivity index (χ3n) is 0.887. The van der Waals surface area contributed by atoms with Crippen LogP contribution in [0.2, 0.25) is 0 Å². The molecule has 19 heavy (non-hydrogen) atoms. The highest BCUT2D eigenvalue weighted by molar-refractivity contribution is 7.85. The van der Waals surface area contributed by atoms with E-state index in [0.717, 1.165) is 18.2 Å². The zero-order valence-corrected chi connectivity index (χ0v) is 11.6. The van der Waals surface area contributed by atoms with Crippen LogP contribution in [-0.2, 0) is 20.2 Å². The van der Waals surface area contributed by atoms with E-state index < -0.39 is 20.2 Å². The molecule has 0 radical (unpaired) electrons. The lowest BCUT2D eigenvalue weighted by Gasteiger charge is -1.94. The van der Waals surface area contributed by atoms with E-state index in [-0.39, 0.29) is 17.2 Å². The van der Waals surface area contributed by atoms with E-state index in [1.54, 1.807) is 0 Å². The normalized spacial score (nSPS) is 10.5. The van der Waals surface area contributed by atoms with Crippen LogP contribution in [0.15, 0.2) is 18.2 Å². The third-order valence-corrected chi connectivity index (χ3v) is 0.887. The predicted molar refractivity (Wildman–Crippen MR) is 66.4 cm³/mol. The maximum atomic E-state index is 9.19. The Morgan fingerprint density at radius 1 is 0.684 bits per heavy atom. The zero-order valence-electron chi connectivity index (χ0n) is 9.92. The Bertz CT molecular complexity index is 492. The standard InChI is InChI=1S/C6H6O3.2CH4O3S/c7-4-1-5(8)3-6(9)2-4;2*1-5(2,3)4/h1-3,7-9H;2*1H3,(H,2,3,4). The molecule has 9 nitrogen and oxygen atoms in total. The molecular weight excluding hydrogens is 304 g/mol. The number of phenols is 3. The summed E-state index contributed by atoms with van der Waals surface area (Å²) in [4.78, 5) is 0. The van der Waals surface area contributed by atoms with Crippen LogP contribution in [0.25, 0.3) is 0 Å². The van der Waals surface area contributed by atoms with Crippen LogP contribution in [0.4, 0.5) is 0 Å². The van der Waals surface area contributed by atoms with Crippen molar-refractivity contribution in [2.24, 2.45) is 0 Å². The molecule has 0 heterocycles. The summed E-state index contributed by atoms with van der Waals surface area (Å²) in [5.74, 6) is -0.437. The van der Waals surface area contributed by atoms with Crippen molar-refractivity contribution in [1.82, 2.24) is 0 Å². The summed E-state index contributed by atoms with van der Waals surface area (Å²) in [5.41, 5.74) is 0. The Morgan fingerprint density at radius 3 is 0.895 bits per heavy atom. The van der Waals surface area contributed by atoms with Gasteiger partial charge >= 0.3 is 0 Å². The lowest BCUT2D eigenvalue weighted by atomic mass is 10.3. The highest BCUT2D eigenvalue weighted by atomic mass is 32.2. The number of aromatic hydroxyl groups is 3. The fourth-order valence-corrected chi connectivity index (χ4v) is 0.580. The fraction of sp³-hybridized carbons (Fsp3) is 0.250. The Hall–Kier alpha value is -1.56. The first-order chi connectivity index (χ1) is 8.18. The van der Waals surface area contributed by atoms with E-state index in [1.807, 2.05) is 0 Å². The van der Waals surface area contributed by atoms with E-state index in [0.29, 0.717) is 12.5 Å². The van der Waals surface area contributed by atoms with Gasteiger partial charge in [-0.15, -0.1) is 0 Å². The summed E-state index contributed by atoms with van der Waals surface area (Å²) in [6, 6.07) is 3.42. The van der Waals surface area contributed by atoms with E-state index >= 15 is 0 Å². The highest BCUT2D eigenvalue weighted by Crippen LogP contribution is 2.23. The van der Waals surface area contributed by atoms with E-state index in [2.05, 4.69) is 0 Å². The first kappa shape index (κ1) is 19.8. The molecule has 0 aliphatic rings. The zero-order chi connectivity index (χ0) is 15.9. The van der Waals surface area contributed by atoms with Crippen molar-refractivity contribution >= 4 is 20.2 Å². The minimum atomic E-state index is -3.67. The molecule has 1 rings (SSSR count). The van der Waals surface area contributed by atoms with Crippen LogP contribution >= 0.6 is 0 Å². The van der Waals surface area contributed by atoms with Gasteiger partial charge in [-0.05, 0) is 0 Å². The van der Waals surface area contributed by atoms with Crippen molar-refractivity contribution in [3.8, 4) is 17.2 Å². The molecule has 0 unspecified atom stereocenters. The summed E-state index contributed by atoms with van der Waals surface area (Å²) >= 11 is 0. The highest BCUT2D eigenvalue weighted by Gasteiger charge is 1.94. The maximum absolute atomic E-state index is 9.19. The van der Waals surface area contributed by atoms with Gasteiger partial charge in [0.25, 0.3) is 20.2 Å². The van der Waals surface area contributed by atoms with Gasteiger partial charge in [-0.1, -0.05) is 0 Å². The Balaban J connectivity index is 0. The molecular formula is C8H14O9S2. The maximum Gasteiger partial charge on any atom is 0.261 e. The molecule has 0 aliphatic heterocycles. The van der Waals surface area contributed by atoms with Crippen LogP contribution < -0.4 is 0 Å². The van der Waals surface area contributed by atoms with Gasteiger partial charge in [0.1, 0.15) is 17.2 Å². The van der Waals surface area contributed by atoms with Crippen LogP contribution in [0.5, 0.6) is 17.2 Å². The molecule has 0 atom stereocenters. The molecule has 0 saturated carbocycles. The minimum absolute atomic E-state index is 0.146. The predicted octanol–water partition coefficient (Wildman–Crippen LogP) is -0.189. The van der Waals surface area contributed by atoms with Gasteiger partial charge in [0.2, 0.25) is 0 Å². The van der Waals surface area contributed by atoms with E-state index in [4.69, 9.17) is 24.4 Å². The molecule has 0 aromatic heterocycles. The van der Waals surface area contributed by atoms with Crippen molar-refractivity contribution in [1.29, 1.82) is 0 Å². The largest absolute Gasteiger partial charge is 0.508 e. The van der Waals surface area contributed by atoms with Crippen molar-refractivity contribution in [3.05, 3.63) is 18.2 Å². The molecule has 0 amide bonds. The quantitative estimate of drug-likeness (QED) is 0.407. The fourth-order valence-electron chi connectivity index (χ4n) is 0.580. The number of phenolic OH excluding ortho intramolecular Hbond substituents is 3. The molecule has 0 aliphatic carbocycles. The lowest BCUT2D eigenvalue weighted by molar-refractivity contribution is 0.428. The molecule has 11 heteroatoms. The van der Waals surface area contributed by atoms with E-state index in [9.17, 15) is 16.8 Å². The summed E-state index contributed by atoms with van der Waals surface area (Å²) in [7, 11) is -7.33. The summed E-state index contributed by atoms with van der Waals surface area (Å²) < 4.78 is 51.7. The van der Waals surface area contributed by atoms with Crippen molar-refractivity contribution in [2.75, 3.05) is 12.5 Å². The summed E-state index contributed by atoms with van der Waals surface area (Å²) in [6.07, 6.45) is 1.43. The van der Waals surface area contributed by atoms with Crippen LogP contribution in [0.3, 0.4) is 0 Å². The van der Waals surface area contributed by atoms with Gasteiger partial charge in [-0.2, -0.15) is 16.8 Å². The third kappa shape index (κ3) is 31.5. The van der Waals surface area contributed by atoms with Crippen LogP contribution in [0, 0.1) is 0 Å². The molecule has 0 saturated heterocycles. The second kappa shape index (κ2) is 7.78. The SMILES string of the molecule is CS(=O)(=O)O.CS(=O)(=O)O.Oc1cc(O)cc(O)c1. The second-order valence-electron chi connectivity index (χ2n) is 3.17. The van der Waals surface area contributed by atoms with Gasteiger partial charge < -0.3 is 15.3 Å². The number of hydrogen-bond acceptors (Lipinski definition) is 7. The number of hydrogen-bond donors (Lipinski definition) is 5. The Morgan fingerprint density at radius 2 is 0.789 bits per heavy atom. The minimum Gasteiger partial charge on any atom is -0.508 e. The smallest absolute Gasteiger partial charge is 0.261 e. The first-order valence-electron chi connectivity index (χ1n) is 4.25. The Labute approximate surface area is 110 Å². The van der Waals surface area contributed by atoms with Gasteiger partial charge in [0.05, 0.1) is 12.5 Å². The van der Waals surface area contributed by atoms with Gasteiger partial charge in [-0.3, -0.25) is 9.11 Å². The second-order valence-corrected chi connectivity index (χ2v) is 6.11. The van der Waals surface area contributed by atoms with Gasteiger partial charge in [0, 0.05) is 18.2 Å². The monoisotopic (exact) mass is 318 g/mol. The summed E-state index contributed by atoms with van der Waals surface area (Å²) in [5, 5.41) is 26.0. The molecule has 112 valence electrons. The molecule has 0 bridgehead atoms. The van der Waals surface area contributed by atoms with E-state index in [1.165, 1.54) is 0 Å². The average Bonchev–Trinajstić information content (AvgIpc) is 1.91. The molecule has 5 N–H and O–H groups in total. The lowest BCUT2D eigenvalue weighted by Crippen LogP contribution is -1.88. The summed E-state index contributed by atoms with van der Waals surface area (Å²) in [6.45, 7) is 0. The van der Waals surface area contributed by atoms with Crippen LogP contribution in [0.1, 0.15) is 0 Å². The van der Waals surface area contributed by atoms with Crippen molar-refractivity contribution < 1.29 is 41.3 Å². The van der Waals surface area contributed by atoms with Gasteiger partial charge in [-0.25, -0.2) is 0 Å². The molecule has 0 spiro atoms. The van der Waals surface area contributed by atoms with Crippen LogP contribution in [-0.4, -0.2) is 53.8 Å². The number of rotatable bonds is 0. The Kier molecular flexibility index (Phi) is 8.10. The molecule has 0 fully saturated rings. The van der Waals surface area contributed by atoms with Crippen molar-refractivity contribution in [2.45, 2.75) is 0 Å². The molecule has 1 aromatic rings. The number of benzene rings is 1. The average molecular weight is 318 g/mol. The first-order valence-corrected chi connectivity index (χ1v) is 7.95. The van der Waals surface area contributed by atoms with Gasteiger partial charge in [0.15, 0.2) is 0 Å². The van der Waals surface area contributed by atoms with Crippen molar-refractivity contribution in [3.63, 3.8) is 0 Å².